The van der Waals surface area contributed by atoms with E-state index < -0.39 is 0 Å². The van der Waals surface area contributed by atoms with Gasteiger partial charge in [0.05, 0.1) is 19.6 Å². The van der Waals surface area contributed by atoms with Gasteiger partial charge in [0.25, 0.3) is 0 Å². The van der Waals surface area contributed by atoms with Crippen molar-refractivity contribution in [1.82, 2.24) is 4.73 Å². The Kier molecular flexibility index (Phi) is 7.91. The molecule has 1 atom stereocenters. The van der Waals surface area contributed by atoms with Gasteiger partial charge >= 0.3 is 5.97 Å². The highest BCUT2D eigenvalue weighted by molar-refractivity contribution is 6.30. The second-order valence-electron chi connectivity index (χ2n) is 8.35. The van der Waals surface area contributed by atoms with Crippen LogP contribution in [0, 0.1) is 0 Å². The van der Waals surface area contributed by atoms with Crippen molar-refractivity contribution in [3.8, 4) is 5.75 Å². The first-order valence-corrected chi connectivity index (χ1v) is 12.0. The van der Waals surface area contributed by atoms with Crippen molar-refractivity contribution in [3.05, 3.63) is 93.6 Å². The van der Waals surface area contributed by atoms with Gasteiger partial charge in [-0.3, -0.25) is 9.79 Å². The van der Waals surface area contributed by atoms with Gasteiger partial charge in [-0.1, -0.05) is 41.9 Å². The first-order valence-electron chi connectivity index (χ1n) is 11.6. The number of esters is 1. The number of hydrogen-bond donors (Lipinski definition) is 1. The molecule has 0 saturated carbocycles. The van der Waals surface area contributed by atoms with Crippen LogP contribution in [0.5, 0.6) is 5.75 Å². The summed E-state index contributed by atoms with van der Waals surface area (Å²) in [5.41, 5.74) is 5.33. The highest BCUT2D eigenvalue weighted by atomic mass is 35.5. The van der Waals surface area contributed by atoms with Crippen LogP contribution in [-0.2, 0) is 22.4 Å². The lowest BCUT2D eigenvalue weighted by Crippen LogP contribution is -2.18. The molecule has 3 aromatic rings. The van der Waals surface area contributed by atoms with Crippen LogP contribution in [0.3, 0.4) is 0 Å². The van der Waals surface area contributed by atoms with E-state index in [2.05, 4.69) is 29.3 Å². The molecule has 0 amide bonds. The van der Waals surface area contributed by atoms with Gasteiger partial charge in [-0.15, -0.1) is 0 Å². The minimum atomic E-state index is -0.152. The minimum Gasteiger partial charge on any atom is -0.494 e. The van der Waals surface area contributed by atoms with E-state index in [0.717, 1.165) is 23.3 Å². The molecule has 2 aromatic carbocycles. The molecule has 0 spiro atoms. The molecule has 0 saturated heterocycles. The summed E-state index contributed by atoms with van der Waals surface area (Å²) in [6.45, 7) is 3.26. The summed E-state index contributed by atoms with van der Waals surface area (Å²) in [5, 5.41) is 10.3. The van der Waals surface area contributed by atoms with Crippen molar-refractivity contribution in [2.45, 2.75) is 38.5 Å². The zero-order valence-electron chi connectivity index (χ0n) is 19.2. The van der Waals surface area contributed by atoms with Gasteiger partial charge in [0, 0.05) is 30.3 Å². The maximum Gasteiger partial charge on any atom is 0.306 e. The summed E-state index contributed by atoms with van der Waals surface area (Å²) in [4.78, 5) is 16.6. The van der Waals surface area contributed by atoms with Crippen molar-refractivity contribution in [2.24, 2.45) is 4.99 Å². The number of pyridine rings is 1. The Morgan fingerprint density at radius 2 is 2.00 bits per heavy atom. The van der Waals surface area contributed by atoms with Crippen molar-refractivity contribution >= 4 is 17.6 Å². The molecule has 1 aliphatic rings. The van der Waals surface area contributed by atoms with Gasteiger partial charge in [-0.05, 0) is 66.1 Å². The Labute approximate surface area is 204 Å². The summed E-state index contributed by atoms with van der Waals surface area (Å²) in [5.74, 6) is 0.770. The fraction of sp³-hybridized carbons (Fsp3) is 0.333. The van der Waals surface area contributed by atoms with Gasteiger partial charge in [0.15, 0.2) is 5.49 Å². The highest BCUT2D eigenvalue weighted by Crippen LogP contribution is 2.35. The molecule has 6 nitrogen and oxygen atoms in total. The molecule has 34 heavy (non-hydrogen) atoms. The number of nitrogens with zero attached hydrogens (tertiary/aromatic N) is 2. The molecule has 7 heteroatoms. The number of aromatic nitrogens is 1. The zero-order chi connectivity index (χ0) is 23.9. The fourth-order valence-electron chi connectivity index (χ4n) is 4.36. The summed E-state index contributed by atoms with van der Waals surface area (Å²) < 4.78 is 12.2. The molecule has 0 fully saturated rings. The Morgan fingerprint density at radius 3 is 2.85 bits per heavy atom. The van der Waals surface area contributed by atoms with Crippen LogP contribution in [-0.4, -0.2) is 35.7 Å². The predicted octanol–water partition coefficient (Wildman–Crippen LogP) is 4.93. The number of hydrogen-bond acceptors (Lipinski definition) is 5. The number of benzene rings is 2. The second kappa shape index (κ2) is 11.3. The smallest absolute Gasteiger partial charge is 0.306 e. The molecule has 4 rings (SSSR count). The Hall–Kier alpha value is -3.25. The van der Waals surface area contributed by atoms with Gasteiger partial charge < -0.3 is 14.7 Å². The maximum absolute atomic E-state index is 12.2. The molecule has 1 heterocycles. The standard InChI is InChI=1S/C27H29ClN2O4/c1-2-33-27(31)17-22-14-19-8-9-24(16-21(19)15-20-6-3-4-7-25(20)22)34-13-5-11-29-26-18-23(28)10-12-30(26)32/h3-4,6-10,12,16,18,22,32H,2,5,11,13-15,17H2,1H3/t22-/m0/s1. The lowest BCUT2D eigenvalue weighted by molar-refractivity contribution is -0.143. The monoisotopic (exact) mass is 480 g/mol. The molecule has 0 bridgehead atoms. The van der Waals surface area contributed by atoms with E-state index in [4.69, 9.17) is 21.1 Å². The molecule has 0 unspecified atom stereocenters. The topological polar surface area (TPSA) is 73.0 Å². The van der Waals surface area contributed by atoms with Crippen LogP contribution in [0.2, 0.25) is 5.02 Å². The van der Waals surface area contributed by atoms with Gasteiger partial charge in [0.2, 0.25) is 0 Å². The van der Waals surface area contributed by atoms with Crippen LogP contribution in [0.15, 0.2) is 65.8 Å². The summed E-state index contributed by atoms with van der Waals surface area (Å²) in [6.07, 6.45) is 4.15. The first-order chi connectivity index (χ1) is 16.5. The van der Waals surface area contributed by atoms with Crippen molar-refractivity contribution in [3.63, 3.8) is 0 Å². The van der Waals surface area contributed by atoms with Crippen LogP contribution >= 0.6 is 11.6 Å². The summed E-state index contributed by atoms with van der Waals surface area (Å²) in [6, 6.07) is 17.8. The third-order valence-corrected chi connectivity index (χ3v) is 6.20. The number of carbonyl (C=O) groups excluding carboxylic acids is 1. The minimum absolute atomic E-state index is 0.102. The number of fused-ring (bicyclic) bond motifs is 2. The van der Waals surface area contributed by atoms with Gasteiger partial charge in [0.1, 0.15) is 5.75 Å². The molecule has 0 radical (unpaired) electrons. The van der Waals surface area contributed by atoms with Crippen LogP contribution in [0.25, 0.3) is 0 Å². The molecule has 178 valence electrons. The molecular formula is C27H29ClN2O4. The highest BCUT2D eigenvalue weighted by Gasteiger charge is 2.24. The van der Waals surface area contributed by atoms with Gasteiger partial charge in [-0.25, -0.2) is 0 Å². The van der Waals surface area contributed by atoms with E-state index in [9.17, 15) is 10.0 Å². The average molecular weight is 481 g/mol. The van der Waals surface area contributed by atoms with E-state index in [1.54, 1.807) is 12.1 Å². The van der Waals surface area contributed by atoms with E-state index in [1.165, 1.54) is 28.5 Å². The van der Waals surface area contributed by atoms with Crippen LogP contribution in [0.1, 0.15) is 47.9 Å². The number of halogens is 1. The molecule has 1 aromatic heterocycles. The average Bonchev–Trinajstić information content (AvgIpc) is 2.97. The van der Waals surface area contributed by atoms with E-state index in [1.807, 2.05) is 25.1 Å². The normalized spacial score (nSPS) is 15.2. The zero-order valence-corrected chi connectivity index (χ0v) is 20.0. The van der Waals surface area contributed by atoms with E-state index in [-0.39, 0.29) is 11.9 Å². The largest absolute Gasteiger partial charge is 0.494 e. The maximum atomic E-state index is 12.2. The quantitative estimate of drug-likeness (QED) is 0.282. The Balaban J connectivity index is 1.42. The van der Waals surface area contributed by atoms with Crippen molar-refractivity contribution in [1.29, 1.82) is 0 Å². The third kappa shape index (κ3) is 6.00. The molecule has 0 aliphatic heterocycles. The van der Waals surface area contributed by atoms with Crippen LogP contribution < -0.4 is 10.2 Å². The van der Waals surface area contributed by atoms with E-state index >= 15 is 0 Å². The van der Waals surface area contributed by atoms with Crippen molar-refractivity contribution < 1.29 is 19.5 Å². The number of carbonyl (C=O) groups is 1. The van der Waals surface area contributed by atoms with E-state index in [0.29, 0.717) is 43.1 Å². The Morgan fingerprint density at radius 1 is 1.15 bits per heavy atom. The lowest BCUT2D eigenvalue weighted by Gasteiger charge is -2.17. The van der Waals surface area contributed by atoms with Crippen LogP contribution in [0.4, 0.5) is 0 Å². The lowest BCUT2D eigenvalue weighted by atomic mass is 9.89. The first kappa shape index (κ1) is 23.9. The number of rotatable bonds is 8. The number of ether oxygens (including phenoxy) is 2. The summed E-state index contributed by atoms with van der Waals surface area (Å²) in [7, 11) is 0. The third-order valence-electron chi connectivity index (χ3n) is 5.96. The molecular weight excluding hydrogens is 452 g/mol. The summed E-state index contributed by atoms with van der Waals surface area (Å²) >= 11 is 5.95. The fourth-order valence-corrected chi connectivity index (χ4v) is 4.51. The molecule has 1 N–H and O–H groups in total. The van der Waals surface area contributed by atoms with Crippen molar-refractivity contribution in [2.75, 3.05) is 19.8 Å². The van der Waals surface area contributed by atoms with Gasteiger partial charge in [-0.2, -0.15) is 4.73 Å². The second-order valence-corrected chi connectivity index (χ2v) is 8.78. The molecule has 1 aliphatic carbocycles. The Bertz CT molecular complexity index is 1220. The SMILES string of the molecule is CCOC(=O)C[C@@H]1Cc2ccc(OCCCN=c3cc(Cl)ccn3O)cc2Cc2ccccc21. The predicted molar refractivity (Wildman–Crippen MR) is 131 cm³/mol.